The van der Waals surface area contributed by atoms with E-state index in [1.54, 1.807) is 19.1 Å². The van der Waals surface area contributed by atoms with Crippen molar-refractivity contribution in [1.29, 1.82) is 0 Å². The second-order valence-corrected chi connectivity index (χ2v) is 7.38. The molecule has 8 heteroatoms. The fourth-order valence-corrected chi connectivity index (χ4v) is 2.64. The molecule has 3 aromatic rings. The highest BCUT2D eigenvalue weighted by Crippen LogP contribution is 2.23. The molecule has 0 fully saturated rings. The second-order valence-electron chi connectivity index (χ2n) is 5.37. The molecule has 2 aromatic carbocycles. The monoisotopic (exact) mass is 370 g/mol. The number of benzene rings is 2. The summed E-state index contributed by atoms with van der Waals surface area (Å²) in [7, 11) is -3.36. The molecule has 3 rings (SSSR count). The summed E-state index contributed by atoms with van der Waals surface area (Å²) in [5.41, 5.74) is 0.807. The lowest BCUT2D eigenvalue weighted by atomic mass is 10.3. The van der Waals surface area contributed by atoms with Gasteiger partial charge in [-0.15, -0.1) is 10.2 Å². The van der Waals surface area contributed by atoms with Gasteiger partial charge in [0, 0.05) is 5.69 Å². The third-order valence-corrected chi connectivity index (χ3v) is 4.69. The standard InChI is InChI=1S/C18H18N4O3S/c1-2-26(23,24)22-18-13-12-17(20-21-18)19-14-8-10-16(11-9-14)25-15-6-4-3-5-7-15/h3-13H,2H2,1H3,(H,19,20)(H,21,22). The zero-order valence-corrected chi connectivity index (χ0v) is 14.9. The van der Waals surface area contributed by atoms with Crippen LogP contribution in [0.15, 0.2) is 66.7 Å². The Labute approximate surface area is 152 Å². The first-order valence-electron chi connectivity index (χ1n) is 7.98. The first-order valence-corrected chi connectivity index (χ1v) is 9.63. The van der Waals surface area contributed by atoms with Crippen molar-refractivity contribution in [3.8, 4) is 11.5 Å². The van der Waals surface area contributed by atoms with Crippen molar-refractivity contribution in [3.05, 3.63) is 66.7 Å². The lowest BCUT2D eigenvalue weighted by molar-refractivity contribution is 0.483. The second kappa shape index (κ2) is 7.83. The van der Waals surface area contributed by atoms with Crippen molar-refractivity contribution in [2.24, 2.45) is 0 Å². The number of hydrogen-bond acceptors (Lipinski definition) is 6. The fourth-order valence-electron chi connectivity index (χ4n) is 2.06. The van der Waals surface area contributed by atoms with E-state index in [2.05, 4.69) is 20.2 Å². The van der Waals surface area contributed by atoms with Gasteiger partial charge in [0.25, 0.3) is 0 Å². The maximum atomic E-state index is 11.5. The van der Waals surface area contributed by atoms with Crippen molar-refractivity contribution in [2.75, 3.05) is 15.8 Å². The predicted octanol–water partition coefficient (Wildman–Crippen LogP) is 3.77. The number of nitrogens with zero attached hydrogens (tertiary/aromatic N) is 2. The Balaban J connectivity index is 1.62. The predicted molar refractivity (Wildman–Crippen MR) is 101 cm³/mol. The van der Waals surface area contributed by atoms with E-state index < -0.39 is 10.0 Å². The van der Waals surface area contributed by atoms with E-state index in [9.17, 15) is 8.42 Å². The third kappa shape index (κ3) is 4.93. The van der Waals surface area contributed by atoms with Gasteiger partial charge in [-0.3, -0.25) is 4.72 Å². The van der Waals surface area contributed by atoms with E-state index in [-0.39, 0.29) is 11.6 Å². The van der Waals surface area contributed by atoms with Crippen LogP contribution in [0, 0.1) is 0 Å². The third-order valence-electron chi connectivity index (χ3n) is 3.41. The average molecular weight is 370 g/mol. The van der Waals surface area contributed by atoms with Gasteiger partial charge < -0.3 is 10.1 Å². The normalized spacial score (nSPS) is 11.0. The molecular weight excluding hydrogens is 352 g/mol. The van der Waals surface area contributed by atoms with Crippen LogP contribution in [0.3, 0.4) is 0 Å². The quantitative estimate of drug-likeness (QED) is 0.657. The Kier molecular flexibility index (Phi) is 5.33. The number of ether oxygens (including phenoxy) is 1. The summed E-state index contributed by atoms with van der Waals surface area (Å²) in [6, 6.07) is 20.1. The van der Waals surface area contributed by atoms with Gasteiger partial charge in [0.2, 0.25) is 10.0 Å². The van der Waals surface area contributed by atoms with Crippen LogP contribution in [-0.2, 0) is 10.0 Å². The SMILES string of the molecule is CCS(=O)(=O)Nc1ccc(Nc2ccc(Oc3ccccc3)cc2)nn1. The molecule has 0 aliphatic carbocycles. The summed E-state index contributed by atoms with van der Waals surface area (Å²) in [5, 5.41) is 10.9. The molecule has 0 amide bonds. The molecule has 0 unspecified atom stereocenters. The van der Waals surface area contributed by atoms with Gasteiger partial charge >= 0.3 is 0 Å². The first-order chi connectivity index (χ1) is 12.5. The number of para-hydroxylation sites is 1. The van der Waals surface area contributed by atoms with E-state index in [4.69, 9.17) is 4.74 Å². The van der Waals surface area contributed by atoms with Gasteiger partial charge in [-0.25, -0.2) is 8.42 Å². The molecule has 0 aliphatic rings. The molecule has 2 N–H and O–H groups in total. The van der Waals surface area contributed by atoms with Crippen LogP contribution >= 0.6 is 0 Å². The van der Waals surface area contributed by atoms with Crippen LogP contribution in [0.4, 0.5) is 17.3 Å². The average Bonchev–Trinajstić information content (AvgIpc) is 2.66. The summed E-state index contributed by atoms with van der Waals surface area (Å²) in [6.07, 6.45) is 0. The van der Waals surface area contributed by atoms with E-state index in [0.717, 1.165) is 17.2 Å². The first kappa shape index (κ1) is 17.7. The largest absolute Gasteiger partial charge is 0.457 e. The summed E-state index contributed by atoms with van der Waals surface area (Å²) in [5.74, 6) is 2.15. The molecule has 134 valence electrons. The fraction of sp³-hybridized carbons (Fsp3) is 0.111. The minimum Gasteiger partial charge on any atom is -0.457 e. The maximum absolute atomic E-state index is 11.5. The zero-order chi connectivity index (χ0) is 18.4. The van der Waals surface area contributed by atoms with Crippen LogP contribution in [0.1, 0.15) is 6.92 Å². The Bertz CT molecular complexity index is 944. The summed E-state index contributed by atoms with van der Waals surface area (Å²) < 4.78 is 31.1. The van der Waals surface area contributed by atoms with Crippen molar-refractivity contribution >= 4 is 27.3 Å². The van der Waals surface area contributed by atoms with Crippen LogP contribution in [0.2, 0.25) is 0 Å². The molecule has 0 saturated heterocycles. The molecule has 1 aromatic heterocycles. The minimum absolute atomic E-state index is 0.0217. The molecule has 0 radical (unpaired) electrons. The molecule has 1 heterocycles. The number of rotatable bonds is 7. The smallest absolute Gasteiger partial charge is 0.233 e. The lowest BCUT2D eigenvalue weighted by Crippen LogP contribution is -2.15. The van der Waals surface area contributed by atoms with Gasteiger partial charge in [-0.2, -0.15) is 0 Å². The number of hydrogen-bond donors (Lipinski definition) is 2. The Hall–Kier alpha value is -3.13. The molecule has 7 nitrogen and oxygen atoms in total. The molecular formula is C18H18N4O3S. The van der Waals surface area contributed by atoms with Crippen LogP contribution < -0.4 is 14.8 Å². The van der Waals surface area contributed by atoms with Gasteiger partial charge in [0.15, 0.2) is 11.6 Å². The van der Waals surface area contributed by atoms with Crippen molar-refractivity contribution in [2.45, 2.75) is 6.92 Å². The zero-order valence-electron chi connectivity index (χ0n) is 14.1. The highest BCUT2D eigenvalue weighted by molar-refractivity contribution is 7.92. The van der Waals surface area contributed by atoms with Gasteiger partial charge in [0.05, 0.1) is 5.75 Å². The van der Waals surface area contributed by atoms with Gasteiger partial charge in [-0.1, -0.05) is 18.2 Å². The highest BCUT2D eigenvalue weighted by atomic mass is 32.2. The number of sulfonamides is 1. The van der Waals surface area contributed by atoms with Gasteiger partial charge in [0.1, 0.15) is 11.5 Å². The topological polar surface area (TPSA) is 93.2 Å². The Morgan fingerprint density at radius 3 is 2.08 bits per heavy atom. The Morgan fingerprint density at radius 1 is 0.846 bits per heavy atom. The molecule has 0 saturated carbocycles. The van der Waals surface area contributed by atoms with Crippen molar-refractivity contribution in [1.82, 2.24) is 10.2 Å². The van der Waals surface area contributed by atoms with Crippen LogP contribution in [0.5, 0.6) is 11.5 Å². The molecule has 26 heavy (non-hydrogen) atoms. The summed E-state index contributed by atoms with van der Waals surface area (Å²) in [4.78, 5) is 0. The van der Waals surface area contributed by atoms with Gasteiger partial charge in [-0.05, 0) is 55.5 Å². The summed E-state index contributed by atoms with van der Waals surface area (Å²) >= 11 is 0. The van der Waals surface area contributed by atoms with Crippen molar-refractivity contribution in [3.63, 3.8) is 0 Å². The van der Waals surface area contributed by atoms with E-state index >= 15 is 0 Å². The number of anilines is 3. The maximum Gasteiger partial charge on any atom is 0.233 e. The van der Waals surface area contributed by atoms with E-state index in [0.29, 0.717) is 5.82 Å². The Morgan fingerprint density at radius 2 is 1.46 bits per heavy atom. The molecule has 0 atom stereocenters. The summed E-state index contributed by atoms with van der Waals surface area (Å²) in [6.45, 7) is 1.55. The number of aromatic nitrogens is 2. The number of nitrogens with one attached hydrogen (secondary N) is 2. The molecule has 0 spiro atoms. The highest BCUT2D eigenvalue weighted by Gasteiger charge is 2.08. The lowest BCUT2D eigenvalue weighted by Gasteiger charge is -2.09. The van der Waals surface area contributed by atoms with Crippen LogP contribution in [0.25, 0.3) is 0 Å². The minimum atomic E-state index is -3.36. The van der Waals surface area contributed by atoms with Crippen LogP contribution in [-0.4, -0.2) is 24.4 Å². The van der Waals surface area contributed by atoms with Crippen molar-refractivity contribution < 1.29 is 13.2 Å². The van der Waals surface area contributed by atoms with E-state index in [1.165, 1.54) is 0 Å². The van der Waals surface area contributed by atoms with E-state index in [1.807, 2.05) is 54.6 Å². The molecule has 0 bridgehead atoms. The molecule has 0 aliphatic heterocycles.